The van der Waals surface area contributed by atoms with Crippen molar-refractivity contribution in [2.45, 2.75) is 69.3 Å². The summed E-state index contributed by atoms with van der Waals surface area (Å²) in [5, 5.41) is 3.70. The molecule has 3 nitrogen and oxygen atoms in total. The van der Waals surface area contributed by atoms with Crippen LogP contribution in [0.15, 0.2) is 48.7 Å². The minimum atomic E-state index is 0.109. The molecule has 1 aromatic carbocycles. The van der Waals surface area contributed by atoms with Crippen molar-refractivity contribution in [2.24, 2.45) is 0 Å². The number of pyridine rings is 1. The largest absolute Gasteiger partial charge is 0.375 e. The Hall–Kier alpha value is -1.71. The molecule has 1 N–H and O–H groups in total. The molecule has 3 heteroatoms. The van der Waals surface area contributed by atoms with E-state index in [-0.39, 0.29) is 11.0 Å². The summed E-state index contributed by atoms with van der Waals surface area (Å²) < 4.78 is 6.35. The zero-order valence-electron chi connectivity index (χ0n) is 17.3. The molecule has 2 heterocycles. The molecule has 2 aromatic rings. The van der Waals surface area contributed by atoms with E-state index >= 15 is 0 Å². The fourth-order valence-corrected chi connectivity index (χ4v) is 5.24. The van der Waals surface area contributed by atoms with E-state index in [1.165, 1.54) is 42.5 Å². The maximum atomic E-state index is 6.35. The summed E-state index contributed by atoms with van der Waals surface area (Å²) >= 11 is 0. The molecule has 2 fully saturated rings. The van der Waals surface area contributed by atoms with Crippen molar-refractivity contribution in [1.82, 2.24) is 10.3 Å². The monoisotopic (exact) mass is 378 g/mol. The highest BCUT2D eigenvalue weighted by Gasteiger charge is 2.48. The first-order chi connectivity index (χ1) is 13.7. The van der Waals surface area contributed by atoms with Gasteiger partial charge in [0.15, 0.2) is 0 Å². The smallest absolute Gasteiger partial charge is 0.0691 e. The van der Waals surface area contributed by atoms with Gasteiger partial charge in [-0.1, -0.05) is 48.7 Å². The van der Waals surface area contributed by atoms with Crippen molar-refractivity contribution < 1.29 is 4.74 Å². The molecule has 150 valence electrons. The lowest BCUT2D eigenvalue weighted by Crippen LogP contribution is -2.47. The molecule has 0 bridgehead atoms. The molecule has 1 spiro atoms. The van der Waals surface area contributed by atoms with Crippen LogP contribution in [0.5, 0.6) is 0 Å². The van der Waals surface area contributed by atoms with Gasteiger partial charge in [0, 0.05) is 23.9 Å². The van der Waals surface area contributed by atoms with Crippen LogP contribution in [0, 0.1) is 6.92 Å². The van der Waals surface area contributed by atoms with Crippen LogP contribution in [0.4, 0.5) is 0 Å². The minimum Gasteiger partial charge on any atom is -0.375 e. The molecular formula is C25H34N2O. The zero-order valence-corrected chi connectivity index (χ0v) is 17.3. The van der Waals surface area contributed by atoms with Gasteiger partial charge >= 0.3 is 0 Å². The predicted octanol–water partition coefficient (Wildman–Crippen LogP) is 4.97. The van der Waals surface area contributed by atoms with E-state index in [1.807, 2.05) is 12.3 Å². The number of hydrogen-bond donors (Lipinski definition) is 1. The summed E-state index contributed by atoms with van der Waals surface area (Å²) in [6, 6.07) is 15.3. The van der Waals surface area contributed by atoms with Gasteiger partial charge in [-0.25, -0.2) is 0 Å². The third-order valence-electron chi connectivity index (χ3n) is 6.86. The summed E-state index contributed by atoms with van der Waals surface area (Å²) in [7, 11) is 0. The molecule has 1 saturated heterocycles. The van der Waals surface area contributed by atoms with E-state index < -0.39 is 0 Å². The Morgan fingerprint density at radius 2 is 1.82 bits per heavy atom. The van der Waals surface area contributed by atoms with Crippen molar-refractivity contribution in [3.05, 3.63) is 65.5 Å². The summed E-state index contributed by atoms with van der Waals surface area (Å²) in [6.07, 6.45) is 11.5. The highest BCUT2D eigenvalue weighted by Crippen LogP contribution is 2.49. The number of nitrogens with zero attached hydrogens (tertiary/aromatic N) is 1. The number of aromatic nitrogens is 1. The second-order valence-corrected chi connectivity index (χ2v) is 8.90. The zero-order chi connectivity index (χ0) is 19.3. The SMILES string of the molecule is Cc1ccc(CCNCCC2(c3ccccn3)CCOC3(CCCC3)C2)cc1. The van der Waals surface area contributed by atoms with Crippen LogP contribution in [0.2, 0.25) is 0 Å². The second kappa shape index (κ2) is 8.75. The van der Waals surface area contributed by atoms with Crippen molar-refractivity contribution in [2.75, 3.05) is 19.7 Å². The van der Waals surface area contributed by atoms with Crippen molar-refractivity contribution in [1.29, 1.82) is 0 Å². The summed E-state index contributed by atoms with van der Waals surface area (Å²) in [5.41, 5.74) is 4.27. The number of aryl methyl sites for hydroxylation is 1. The molecule has 0 radical (unpaired) electrons. The fraction of sp³-hybridized carbons (Fsp3) is 0.560. The first-order valence-corrected chi connectivity index (χ1v) is 11.0. The van der Waals surface area contributed by atoms with Gasteiger partial charge in [0.2, 0.25) is 0 Å². The van der Waals surface area contributed by atoms with E-state index in [4.69, 9.17) is 9.72 Å². The third kappa shape index (κ3) is 4.47. The third-order valence-corrected chi connectivity index (χ3v) is 6.86. The van der Waals surface area contributed by atoms with Gasteiger partial charge < -0.3 is 10.1 Å². The number of benzene rings is 1. The Bertz CT molecular complexity index is 737. The van der Waals surface area contributed by atoms with Gasteiger partial charge in [0.1, 0.15) is 0 Å². The average molecular weight is 379 g/mol. The molecular weight excluding hydrogens is 344 g/mol. The van der Waals surface area contributed by atoms with Crippen LogP contribution < -0.4 is 5.32 Å². The molecule has 2 aliphatic rings. The van der Waals surface area contributed by atoms with Crippen LogP contribution in [-0.2, 0) is 16.6 Å². The van der Waals surface area contributed by atoms with Crippen LogP contribution in [0.25, 0.3) is 0 Å². The first kappa shape index (κ1) is 19.6. The molecule has 28 heavy (non-hydrogen) atoms. The van der Waals surface area contributed by atoms with Gasteiger partial charge in [-0.3, -0.25) is 4.98 Å². The Labute approximate surface area is 169 Å². The van der Waals surface area contributed by atoms with Gasteiger partial charge in [-0.2, -0.15) is 0 Å². The Morgan fingerprint density at radius 1 is 1.00 bits per heavy atom. The topological polar surface area (TPSA) is 34.2 Å². The number of hydrogen-bond acceptors (Lipinski definition) is 3. The molecule has 1 aromatic heterocycles. The molecule has 1 aliphatic heterocycles. The summed E-state index contributed by atoms with van der Waals surface area (Å²) in [5.74, 6) is 0. The molecule has 1 aliphatic carbocycles. The molecule has 1 unspecified atom stereocenters. The Kier molecular flexibility index (Phi) is 6.13. The molecule has 0 amide bonds. The normalized spacial score (nSPS) is 23.9. The lowest BCUT2D eigenvalue weighted by atomic mass is 9.68. The van der Waals surface area contributed by atoms with Crippen molar-refractivity contribution in [3.63, 3.8) is 0 Å². The molecule has 1 saturated carbocycles. The van der Waals surface area contributed by atoms with Gasteiger partial charge in [0.05, 0.1) is 5.60 Å². The number of rotatable bonds is 7. The van der Waals surface area contributed by atoms with Crippen molar-refractivity contribution >= 4 is 0 Å². The molecule has 4 rings (SSSR count). The Morgan fingerprint density at radius 3 is 2.57 bits per heavy atom. The van der Waals surface area contributed by atoms with E-state index in [2.05, 4.69) is 48.6 Å². The standard InChI is InChI=1S/C25H34N2O/c1-21-7-9-22(10-8-21)11-17-26-18-14-24(23-6-2-5-16-27-23)15-19-28-25(20-24)12-3-4-13-25/h2,5-10,16,26H,3-4,11-15,17-20H2,1H3. The van der Waals surface area contributed by atoms with E-state index in [0.29, 0.717) is 0 Å². The van der Waals surface area contributed by atoms with Crippen LogP contribution in [0.1, 0.15) is 61.8 Å². The maximum Gasteiger partial charge on any atom is 0.0691 e. The van der Waals surface area contributed by atoms with Gasteiger partial charge in [0.25, 0.3) is 0 Å². The van der Waals surface area contributed by atoms with Gasteiger partial charge in [-0.05, 0) is 76.2 Å². The minimum absolute atomic E-state index is 0.109. The lowest BCUT2D eigenvalue weighted by molar-refractivity contribution is -0.104. The second-order valence-electron chi connectivity index (χ2n) is 8.90. The highest BCUT2D eigenvalue weighted by atomic mass is 16.5. The maximum absolute atomic E-state index is 6.35. The van der Waals surface area contributed by atoms with E-state index in [9.17, 15) is 0 Å². The predicted molar refractivity (Wildman–Crippen MR) is 115 cm³/mol. The number of nitrogens with one attached hydrogen (secondary N) is 1. The van der Waals surface area contributed by atoms with Gasteiger partial charge in [-0.15, -0.1) is 0 Å². The highest BCUT2D eigenvalue weighted by molar-refractivity contribution is 5.22. The Balaban J connectivity index is 1.38. The fourth-order valence-electron chi connectivity index (χ4n) is 5.24. The number of ether oxygens (including phenoxy) is 1. The quantitative estimate of drug-likeness (QED) is 0.691. The van der Waals surface area contributed by atoms with Crippen molar-refractivity contribution in [3.8, 4) is 0 Å². The van der Waals surface area contributed by atoms with E-state index in [1.54, 1.807) is 0 Å². The average Bonchev–Trinajstić information content (AvgIpc) is 3.17. The van der Waals surface area contributed by atoms with E-state index in [0.717, 1.165) is 45.4 Å². The summed E-state index contributed by atoms with van der Waals surface area (Å²) in [4.78, 5) is 4.80. The van der Waals surface area contributed by atoms with Crippen LogP contribution in [0.3, 0.4) is 0 Å². The lowest BCUT2D eigenvalue weighted by Gasteiger charge is -2.46. The van der Waals surface area contributed by atoms with Crippen LogP contribution in [-0.4, -0.2) is 30.3 Å². The van der Waals surface area contributed by atoms with Crippen LogP contribution >= 0.6 is 0 Å². The summed E-state index contributed by atoms with van der Waals surface area (Å²) in [6.45, 7) is 5.09. The first-order valence-electron chi connectivity index (χ1n) is 11.0. The molecule has 1 atom stereocenters.